The highest BCUT2D eigenvalue weighted by Gasteiger charge is 2.33. The largest absolute Gasteiger partial charge is 0.493 e. The lowest BCUT2D eigenvalue weighted by molar-refractivity contribution is -0.155. The third kappa shape index (κ3) is 5.10. The highest BCUT2D eigenvalue weighted by atomic mass is 16.6. The zero-order valence-electron chi connectivity index (χ0n) is 16.7. The van der Waals surface area contributed by atoms with Crippen LogP contribution < -0.4 is 4.74 Å². The van der Waals surface area contributed by atoms with Crippen molar-refractivity contribution in [3.05, 3.63) is 71.4 Å². The van der Waals surface area contributed by atoms with Crippen molar-refractivity contribution in [2.45, 2.75) is 32.8 Å². The van der Waals surface area contributed by atoms with Gasteiger partial charge < -0.3 is 9.47 Å². The Balaban J connectivity index is 1.60. The number of rotatable bonds is 6. The number of hydrogen-bond donors (Lipinski definition) is 0. The molecular formula is C23H23NO5. The molecule has 0 aromatic heterocycles. The van der Waals surface area contributed by atoms with Gasteiger partial charge in [-0.15, -0.1) is 0 Å². The summed E-state index contributed by atoms with van der Waals surface area (Å²) >= 11 is 0. The Bertz CT molecular complexity index is 936. The van der Waals surface area contributed by atoms with E-state index in [0.29, 0.717) is 16.9 Å². The summed E-state index contributed by atoms with van der Waals surface area (Å²) < 4.78 is 10.9. The fourth-order valence-electron chi connectivity index (χ4n) is 2.86. The van der Waals surface area contributed by atoms with Crippen molar-refractivity contribution in [3.8, 4) is 5.75 Å². The fraction of sp³-hybridized carbons (Fsp3) is 0.261. The smallest absolute Gasteiger partial charge is 0.309 e. The van der Waals surface area contributed by atoms with Crippen molar-refractivity contribution in [1.82, 2.24) is 4.90 Å². The lowest BCUT2D eigenvalue weighted by Gasteiger charge is -2.19. The lowest BCUT2D eigenvalue weighted by atomic mass is 10.1. The molecule has 0 fully saturated rings. The van der Waals surface area contributed by atoms with Crippen LogP contribution in [0.15, 0.2) is 54.7 Å². The maximum atomic E-state index is 12.4. The molecule has 0 bridgehead atoms. The minimum absolute atomic E-state index is 0.145. The maximum Gasteiger partial charge on any atom is 0.309 e. The summed E-state index contributed by atoms with van der Waals surface area (Å²) in [5, 5.41) is 0. The van der Waals surface area contributed by atoms with E-state index < -0.39 is 5.60 Å². The molecule has 3 rings (SSSR count). The molecule has 1 aliphatic heterocycles. The van der Waals surface area contributed by atoms with Gasteiger partial charge in [0.05, 0.1) is 24.2 Å². The molecule has 1 aliphatic rings. The molecule has 0 saturated carbocycles. The van der Waals surface area contributed by atoms with Gasteiger partial charge >= 0.3 is 5.97 Å². The van der Waals surface area contributed by atoms with Gasteiger partial charge in [-0.2, -0.15) is 0 Å². The quantitative estimate of drug-likeness (QED) is 0.547. The maximum absolute atomic E-state index is 12.4. The molecule has 0 aliphatic carbocycles. The molecule has 0 atom stereocenters. The highest BCUT2D eigenvalue weighted by Crippen LogP contribution is 2.23. The SMILES string of the molecule is CC(C)(C)OC(=O)CCOc1cccc(/C=C/N2C(=O)c3ccccc3C2=O)c1. The average Bonchev–Trinajstić information content (AvgIpc) is 2.90. The van der Waals surface area contributed by atoms with E-state index in [1.807, 2.05) is 26.8 Å². The van der Waals surface area contributed by atoms with E-state index in [0.717, 1.165) is 10.5 Å². The van der Waals surface area contributed by atoms with Gasteiger partial charge in [0.15, 0.2) is 0 Å². The van der Waals surface area contributed by atoms with Crippen molar-refractivity contribution in [2.24, 2.45) is 0 Å². The highest BCUT2D eigenvalue weighted by molar-refractivity contribution is 6.22. The van der Waals surface area contributed by atoms with Crippen molar-refractivity contribution >= 4 is 23.9 Å². The Morgan fingerprint density at radius 2 is 1.66 bits per heavy atom. The van der Waals surface area contributed by atoms with Gasteiger partial charge in [-0.1, -0.05) is 24.3 Å². The Kier molecular flexibility index (Phi) is 5.82. The van der Waals surface area contributed by atoms with Gasteiger partial charge in [-0.3, -0.25) is 14.4 Å². The number of fused-ring (bicyclic) bond motifs is 1. The normalized spacial score (nSPS) is 13.7. The summed E-state index contributed by atoms with van der Waals surface area (Å²) in [5.74, 6) is -0.421. The molecule has 0 unspecified atom stereocenters. The third-order valence-corrected chi connectivity index (χ3v) is 4.09. The predicted octanol–water partition coefficient (Wildman–Crippen LogP) is 4.06. The first-order chi connectivity index (χ1) is 13.7. The van der Waals surface area contributed by atoms with Crippen LogP contribution in [0, 0.1) is 0 Å². The predicted molar refractivity (Wildman–Crippen MR) is 108 cm³/mol. The van der Waals surface area contributed by atoms with E-state index >= 15 is 0 Å². The summed E-state index contributed by atoms with van der Waals surface area (Å²) in [6.07, 6.45) is 3.28. The van der Waals surface area contributed by atoms with Crippen LogP contribution in [0.5, 0.6) is 5.75 Å². The third-order valence-electron chi connectivity index (χ3n) is 4.09. The van der Waals surface area contributed by atoms with Crippen molar-refractivity contribution in [2.75, 3.05) is 6.61 Å². The Morgan fingerprint density at radius 1 is 1.00 bits per heavy atom. The number of ether oxygens (including phenoxy) is 2. The number of imide groups is 1. The molecular weight excluding hydrogens is 370 g/mol. The Hall–Kier alpha value is -3.41. The number of hydrogen-bond acceptors (Lipinski definition) is 5. The zero-order valence-corrected chi connectivity index (χ0v) is 16.7. The molecule has 2 aromatic carbocycles. The standard InChI is InChI=1S/C23H23NO5/c1-23(2,3)29-20(25)12-14-28-17-8-6-7-16(15-17)11-13-24-21(26)18-9-4-5-10-19(18)22(24)27/h4-11,13,15H,12,14H2,1-3H3/b13-11+. The number of esters is 1. The van der Waals surface area contributed by atoms with Gasteiger partial charge in [0.25, 0.3) is 11.8 Å². The van der Waals surface area contributed by atoms with E-state index in [1.165, 1.54) is 6.20 Å². The minimum atomic E-state index is -0.522. The van der Waals surface area contributed by atoms with Gasteiger partial charge in [0.2, 0.25) is 0 Å². The van der Waals surface area contributed by atoms with Crippen LogP contribution in [0.1, 0.15) is 53.5 Å². The molecule has 6 heteroatoms. The van der Waals surface area contributed by atoms with Crippen LogP contribution in [-0.4, -0.2) is 34.9 Å². The summed E-state index contributed by atoms with van der Waals surface area (Å²) in [7, 11) is 0. The van der Waals surface area contributed by atoms with Crippen molar-refractivity contribution in [3.63, 3.8) is 0 Å². The van der Waals surface area contributed by atoms with E-state index in [4.69, 9.17) is 9.47 Å². The van der Waals surface area contributed by atoms with Crippen LogP contribution in [0.2, 0.25) is 0 Å². The molecule has 0 spiro atoms. The lowest BCUT2D eigenvalue weighted by Crippen LogP contribution is -2.24. The van der Waals surface area contributed by atoms with Crippen molar-refractivity contribution < 1.29 is 23.9 Å². The second-order valence-corrected chi connectivity index (χ2v) is 7.60. The molecule has 1 heterocycles. The first-order valence-corrected chi connectivity index (χ1v) is 9.34. The molecule has 0 saturated heterocycles. The van der Waals surface area contributed by atoms with Crippen LogP contribution in [-0.2, 0) is 9.53 Å². The van der Waals surface area contributed by atoms with Gasteiger partial charge in [0, 0.05) is 6.20 Å². The Labute approximate surface area is 169 Å². The first kappa shape index (κ1) is 20.3. The number of benzene rings is 2. The van der Waals surface area contributed by atoms with Crippen LogP contribution in [0.25, 0.3) is 6.08 Å². The monoisotopic (exact) mass is 393 g/mol. The van der Waals surface area contributed by atoms with Crippen LogP contribution in [0.3, 0.4) is 0 Å². The average molecular weight is 393 g/mol. The minimum Gasteiger partial charge on any atom is -0.493 e. The van der Waals surface area contributed by atoms with E-state index in [-0.39, 0.29) is 30.8 Å². The molecule has 6 nitrogen and oxygen atoms in total. The molecule has 150 valence electrons. The van der Waals surface area contributed by atoms with Gasteiger partial charge in [-0.05, 0) is 56.7 Å². The number of carbonyl (C=O) groups is 3. The second kappa shape index (κ2) is 8.31. The topological polar surface area (TPSA) is 72.9 Å². The molecule has 29 heavy (non-hydrogen) atoms. The molecule has 0 radical (unpaired) electrons. The van der Waals surface area contributed by atoms with Crippen LogP contribution >= 0.6 is 0 Å². The number of amides is 2. The summed E-state index contributed by atoms with van der Waals surface area (Å²) in [6, 6.07) is 13.9. The Morgan fingerprint density at radius 3 is 2.28 bits per heavy atom. The van der Waals surface area contributed by atoms with E-state index in [9.17, 15) is 14.4 Å². The van der Waals surface area contributed by atoms with Gasteiger partial charge in [0.1, 0.15) is 11.4 Å². The number of carbonyl (C=O) groups excluding carboxylic acids is 3. The van der Waals surface area contributed by atoms with Crippen LogP contribution in [0.4, 0.5) is 0 Å². The van der Waals surface area contributed by atoms with E-state index in [1.54, 1.807) is 48.5 Å². The number of nitrogens with zero attached hydrogens (tertiary/aromatic N) is 1. The summed E-state index contributed by atoms with van der Waals surface area (Å²) in [4.78, 5) is 37.6. The summed E-state index contributed by atoms with van der Waals surface area (Å²) in [5.41, 5.74) is 1.05. The van der Waals surface area contributed by atoms with Crippen molar-refractivity contribution in [1.29, 1.82) is 0 Å². The molecule has 2 amide bonds. The first-order valence-electron chi connectivity index (χ1n) is 9.34. The fourth-order valence-corrected chi connectivity index (χ4v) is 2.86. The second-order valence-electron chi connectivity index (χ2n) is 7.60. The zero-order chi connectivity index (χ0) is 21.0. The molecule has 0 N–H and O–H groups in total. The molecule has 2 aromatic rings. The summed E-state index contributed by atoms with van der Waals surface area (Å²) in [6.45, 7) is 5.64. The van der Waals surface area contributed by atoms with Gasteiger partial charge in [-0.25, -0.2) is 4.90 Å². The van der Waals surface area contributed by atoms with E-state index in [2.05, 4.69) is 0 Å².